The standard InChI is InChI=1S/C25H27N5O4S/c1-18-3-2-4-22(15-18)35(32,33)28-21-7-5-19(6-8-21)24(31)30-10-9-20-16-26-25(27-23(20)17-30)29-11-13-34-14-12-29/h2-8,15-16,28H,9-14,17H2,1H3. The molecule has 2 aromatic carbocycles. The van der Waals surface area contributed by atoms with Gasteiger partial charge in [0.05, 0.1) is 30.3 Å². The van der Waals surface area contributed by atoms with Crippen molar-refractivity contribution in [2.24, 2.45) is 0 Å². The summed E-state index contributed by atoms with van der Waals surface area (Å²) in [6.45, 7) is 5.64. The van der Waals surface area contributed by atoms with Crippen molar-refractivity contribution in [3.63, 3.8) is 0 Å². The van der Waals surface area contributed by atoms with Crippen molar-refractivity contribution in [2.45, 2.75) is 24.8 Å². The summed E-state index contributed by atoms with van der Waals surface area (Å²) in [5.41, 5.74) is 3.68. The third kappa shape index (κ3) is 5.13. The number of sulfonamides is 1. The maximum atomic E-state index is 13.2. The van der Waals surface area contributed by atoms with Crippen LogP contribution in [-0.4, -0.2) is 62.0 Å². The van der Waals surface area contributed by atoms with Gasteiger partial charge in [0.2, 0.25) is 5.95 Å². The quantitative estimate of drug-likeness (QED) is 0.583. The first-order valence-corrected chi connectivity index (χ1v) is 13.0. The molecule has 0 spiro atoms. The first-order chi connectivity index (χ1) is 16.9. The molecule has 5 rings (SSSR count). The van der Waals surface area contributed by atoms with Crippen LogP contribution in [0.3, 0.4) is 0 Å². The molecule has 1 saturated heterocycles. The van der Waals surface area contributed by atoms with Crippen LogP contribution in [0.5, 0.6) is 0 Å². The number of hydrogen-bond donors (Lipinski definition) is 1. The van der Waals surface area contributed by atoms with Gasteiger partial charge in [0.25, 0.3) is 15.9 Å². The highest BCUT2D eigenvalue weighted by Crippen LogP contribution is 2.23. The van der Waals surface area contributed by atoms with E-state index in [1.165, 1.54) is 0 Å². The Balaban J connectivity index is 1.27. The van der Waals surface area contributed by atoms with Crippen molar-refractivity contribution in [1.29, 1.82) is 0 Å². The molecule has 10 heteroatoms. The molecule has 1 fully saturated rings. The van der Waals surface area contributed by atoms with E-state index in [1.54, 1.807) is 47.4 Å². The van der Waals surface area contributed by atoms with Gasteiger partial charge in [-0.25, -0.2) is 18.4 Å². The lowest BCUT2D eigenvalue weighted by Gasteiger charge is -2.30. The third-order valence-corrected chi connectivity index (χ3v) is 7.58. The molecule has 0 aliphatic carbocycles. The van der Waals surface area contributed by atoms with E-state index in [0.29, 0.717) is 49.9 Å². The number of morpholine rings is 1. The molecule has 35 heavy (non-hydrogen) atoms. The van der Waals surface area contributed by atoms with Crippen LogP contribution in [-0.2, 0) is 27.7 Å². The summed E-state index contributed by atoms with van der Waals surface area (Å²) >= 11 is 0. The zero-order chi connectivity index (χ0) is 24.4. The second-order valence-corrected chi connectivity index (χ2v) is 10.4. The highest BCUT2D eigenvalue weighted by molar-refractivity contribution is 7.92. The Bertz CT molecular complexity index is 1340. The van der Waals surface area contributed by atoms with Crippen LogP contribution in [0.1, 0.15) is 27.2 Å². The number of fused-ring (bicyclic) bond motifs is 1. The minimum atomic E-state index is -3.71. The van der Waals surface area contributed by atoms with Crippen LogP contribution in [0.15, 0.2) is 59.6 Å². The van der Waals surface area contributed by atoms with Crippen molar-refractivity contribution in [3.8, 4) is 0 Å². The van der Waals surface area contributed by atoms with Gasteiger partial charge in [0.1, 0.15) is 0 Å². The number of amides is 1. The van der Waals surface area contributed by atoms with E-state index in [9.17, 15) is 13.2 Å². The Labute approximate surface area is 204 Å². The first kappa shape index (κ1) is 23.3. The van der Waals surface area contributed by atoms with E-state index in [0.717, 1.165) is 29.9 Å². The fourth-order valence-corrected chi connectivity index (χ4v) is 5.40. The molecule has 1 N–H and O–H groups in total. The number of hydrogen-bond acceptors (Lipinski definition) is 7. The zero-order valence-electron chi connectivity index (χ0n) is 19.5. The van der Waals surface area contributed by atoms with Crippen LogP contribution in [0, 0.1) is 6.92 Å². The van der Waals surface area contributed by atoms with Gasteiger partial charge in [-0.3, -0.25) is 9.52 Å². The molecule has 9 nitrogen and oxygen atoms in total. The number of aromatic nitrogens is 2. The minimum absolute atomic E-state index is 0.115. The number of nitrogens with zero attached hydrogens (tertiary/aromatic N) is 4. The largest absolute Gasteiger partial charge is 0.378 e. The highest BCUT2D eigenvalue weighted by Gasteiger charge is 2.25. The number of rotatable bonds is 5. The van der Waals surface area contributed by atoms with Gasteiger partial charge >= 0.3 is 0 Å². The summed E-state index contributed by atoms with van der Waals surface area (Å²) in [7, 11) is -3.71. The molecule has 0 radical (unpaired) electrons. The van der Waals surface area contributed by atoms with Crippen LogP contribution < -0.4 is 9.62 Å². The van der Waals surface area contributed by atoms with Crippen molar-refractivity contribution >= 4 is 27.6 Å². The molecule has 182 valence electrons. The van der Waals surface area contributed by atoms with Gasteiger partial charge in [0, 0.05) is 37.1 Å². The van der Waals surface area contributed by atoms with Gasteiger partial charge in [-0.2, -0.15) is 0 Å². The molecule has 2 aliphatic rings. The molecule has 1 amide bonds. The molecular weight excluding hydrogens is 466 g/mol. The minimum Gasteiger partial charge on any atom is -0.378 e. The van der Waals surface area contributed by atoms with E-state index in [4.69, 9.17) is 9.72 Å². The summed E-state index contributed by atoms with van der Waals surface area (Å²) in [5.74, 6) is 0.557. The summed E-state index contributed by atoms with van der Waals surface area (Å²) in [5, 5.41) is 0. The van der Waals surface area contributed by atoms with Gasteiger partial charge in [0.15, 0.2) is 0 Å². The van der Waals surface area contributed by atoms with Gasteiger partial charge in [-0.05, 0) is 60.9 Å². The second-order valence-electron chi connectivity index (χ2n) is 8.72. The van der Waals surface area contributed by atoms with Crippen molar-refractivity contribution in [1.82, 2.24) is 14.9 Å². The molecule has 0 unspecified atom stereocenters. The molecule has 0 bridgehead atoms. The van der Waals surface area contributed by atoms with Crippen LogP contribution >= 0.6 is 0 Å². The number of ether oxygens (including phenoxy) is 1. The van der Waals surface area contributed by atoms with Gasteiger partial charge in [-0.15, -0.1) is 0 Å². The van der Waals surface area contributed by atoms with E-state index in [2.05, 4.69) is 14.6 Å². The molecule has 2 aliphatic heterocycles. The molecule has 1 aromatic heterocycles. The molecule has 0 atom stereocenters. The Morgan fingerprint density at radius 2 is 1.83 bits per heavy atom. The Morgan fingerprint density at radius 3 is 2.57 bits per heavy atom. The molecule has 3 aromatic rings. The van der Waals surface area contributed by atoms with E-state index in [-0.39, 0.29) is 10.8 Å². The second kappa shape index (κ2) is 9.63. The smallest absolute Gasteiger partial charge is 0.261 e. The highest BCUT2D eigenvalue weighted by atomic mass is 32.2. The average Bonchev–Trinajstić information content (AvgIpc) is 2.88. The normalized spacial score (nSPS) is 16.0. The molecule has 0 saturated carbocycles. The van der Waals surface area contributed by atoms with Crippen molar-refractivity contribution in [3.05, 3.63) is 77.1 Å². The van der Waals surface area contributed by atoms with Crippen molar-refractivity contribution < 1.29 is 17.9 Å². The Hall–Kier alpha value is -3.50. The van der Waals surface area contributed by atoms with Crippen LogP contribution in [0.4, 0.5) is 11.6 Å². The summed E-state index contributed by atoms with van der Waals surface area (Å²) in [4.78, 5) is 26.5. The monoisotopic (exact) mass is 493 g/mol. The van der Waals surface area contributed by atoms with Gasteiger partial charge in [-0.1, -0.05) is 12.1 Å². The summed E-state index contributed by atoms with van der Waals surface area (Å²) < 4.78 is 33.3. The summed E-state index contributed by atoms with van der Waals surface area (Å²) in [6, 6.07) is 13.2. The lowest BCUT2D eigenvalue weighted by molar-refractivity contribution is 0.0731. The fourth-order valence-electron chi connectivity index (χ4n) is 4.24. The van der Waals surface area contributed by atoms with Crippen molar-refractivity contribution in [2.75, 3.05) is 42.5 Å². The number of aryl methyl sites for hydroxylation is 1. The molecular formula is C25H27N5O4S. The fraction of sp³-hybridized carbons (Fsp3) is 0.320. The van der Waals surface area contributed by atoms with E-state index >= 15 is 0 Å². The number of benzene rings is 2. The van der Waals surface area contributed by atoms with E-state index in [1.807, 2.05) is 19.2 Å². The lowest BCUT2D eigenvalue weighted by Crippen LogP contribution is -2.39. The number of carbonyl (C=O) groups excluding carboxylic acids is 1. The van der Waals surface area contributed by atoms with Gasteiger partial charge < -0.3 is 14.5 Å². The first-order valence-electron chi connectivity index (χ1n) is 11.6. The predicted molar refractivity (Wildman–Crippen MR) is 132 cm³/mol. The third-order valence-electron chi connectivity index (χ3n) is 6.20. The Kier molecular flexibility index (Phi) is 6.40. The number of nitrogens with one attached hydrogen (secondary N) is 1. The SMILES string of the molecule is Cc1cccc(S(=O)(=O)Nc2ccc(C(=O)N3CCc4cnc(N5CCOCC5)nc4C3)cc2)c1. The van der Waals surface area contributed by atoms with Crippen LogP contribution in [0.25, 0.3) is 0 Å². The predicted octanol–water partition coefficient (Wildman–Crippen LogP) is 2.62. The summed E-state index contributed by atoms with van der Waals surface area (Å²) in [6.07, 6.45) is 2.56. The number of carbonyl (C=O) groups is 1. The maximum absolute atomic E-state index is 13.2. The maximum Gasteiger partial charge on any atom is 0.261 e. The lowest BCUT2D eigenvalue weighted by atomic mass is 10.1. The zero-order valence-corrected chi connectivity index (χ0v) is 20.3. The van der Waals surface area contributed by atoms with E-state index < -0.39 is 10.0 Å². The number of anilines is 2. The Morgan fingerprint density at radius 1 is 1.06 bits per heavy atom. The average molecular weight is 494 g/mol. The molecule has 3 heterocycles. The topological polar surface area (TPSA) is 105 Å². The van der Waals surface area contributed by atoms with Crippen LogP contribution in [0.2, 0.25) is 0 Å².